The lowest BCUT2D eigenvalue weighted by Crippen LogP contribution is -2.07. The minimum atomic E-state index is -0.0221. The second kappa shape index (κ2) is 4.56. The molecule has 0 spiro atoms. The molecule has 0 aromatic heterocycles. The van der Waals surface area contributed by atoms with Crippen molar-refractivity contribution >= 4 is 17.2 Å². The fourth-order valence-corrected chi connectivity index (χ4v) is 0.921. The fourth-order valence-electron chi connectivity index (χ4n) is 0.921. The molecule has 1 N–H and O–H groups in total. The second-order valence-corrected chi connectivity index (χ2v) is 3.18. The number of nitrogens with zero attached hydrogens (tertiary/aromatic N) is 1. The van der Waals surface area contributed by atoms with Gasteiger partial charge in [-0.05, 0) is 25.5 Å². The number of ketones is 1. The summed E-state index contributed by atoms with van der Waals surface area (Å²) in [5.74, 6) is -0.0221. The molecule has 1 aromatic rings. The lowest BCUT2D eigenvalue weighted by molar-refractivity contribution is -0.111. The summed E-state index contributed by atoms with van der Waals surface area (Å²) in [6, 6.07) is 7.79. The predicted octanol–water partition coefficient (Wildman–Crippen LogP) is 2.37. The highest BCUT2D eigenvalue weighted by Crippen LogP contribution is 2.12. The van der Waals surface area contributed by atoms with Gasteiger partial charge in [-0.25, -0.2) is 0 Å². The molecule has 0 aliphatic carbocycles. The number of hydrogen-bond acceptors (Lipinski definition) is 3. The third kappa shape index (κ3) is 2.69. The molecule has 3 nitrogen and oxygen atoms in total. The van der Waals surface area contributed by atoms with Crippen molar-refractivity contribution in [2.75, 3.05) is 5.43 Å². The van der Waals surface area contributed by atoms with E-state index in [4.69, 9.17) is 0 Å². The number of rotatable bonds is 3. The van der Waals surface area contributed by atoms with Crippen LogP contribution in [0.15, 0.2) is 29.4 Å². The topological polar surface area (TPSA) is 41.5 Å². The highest BCUT2D eigenvalue weighted by Gasteiger charge is 1.98. The maximum atomic E-state index is 10.9. The maximum absolute atomic E-state index is 10.9. The first-order chi connectivity index (χ1) is 6.61. The van der Waals surface area contributed by atoms with Crippen LogP contribution in [-0.4, -0.2) is 11.5 Å². The van der Waals surface area contributed by atoms with Crippen LogP contribution in [0.25, 0.3) is 0 Å². The van der Waals surface area contributed by atoms with Crippen LogP contribution < -0.4 is 5.43 Å². The Kier molecular flexibility index (Phi) is 3.40. The van der Waals surface area contributed by atoms with E-state index in [1.54, 1.807) is 6.92 Å². The molecule has 14 heavy (non-hydrogen) atoms. The van der Waals surface area contributed by atoms with Gasteiger partial charge in [0.05, 0.1) is 5.69 Å². The number of aryl methyl sites for hydroxylation is 1. The zero-order valence-electron chi connectivity index (χ0n) is 8.66. The highest BCUT2D eigenvalue weighted by molar-refractivity contribution is 6.38. The average molecular weight is 190 g/mol. The summed E-state index contributed by atoms with van der Waals surface area (Å²) in [5.41, 5.74) is 5.37. The first kappa shape index (κ1) is 10.4. The van der Waals surface area contributed by atoms with Crippen LogP contribution in [-0.2, 0) is 4.79 Å². The van der Waals surface area contributed by atoms with Crippen molar-refractivity contribution in [3.63, 3.8) is 0 Å². The van der Waals surface area contributed by atoms with Gasteiger partial charge in [0.1, 0.15) is 5.71 Å². The summed E-state index contributed by atoms with van der Waals surface area (Å²) in [6.45, 7) is 5.17. The molecule has 0 unspecified atom stereocenters. The minimum Gasteiger partial charge on any atom is -0.293 e. The molecule has 1 rings (SSSR count). The van der Waals surface area contributed by atoms with Gasteiger partial charge in [0.2, 0.25) is 0 Å². The van der Waals surface area contributed by atoms with Crippen molar-refractivity contribution in [3.8, 4) is 0 Å². The van der Waals surface area contributed by atoms with Gasteiger partial charge in [-0.15, -0.1) is 0 Å². The first-order valence-electron chi connectivity index (χ1n) is 4.48. The number of carbonyl (C=O) groups is 1. The summed E-state index contributed by atoms with van der Waals surface area (Å²) < 4.78 is 0. The molecule has 0 heterocycles. The maximum Gasteiger partial charge on any atom is 0.175 e. The summed E-state index contributed by atoms with van der Waals surface area (Å²) >= 11 is 0. The van der Waals surface area contributed by atoms with E-state index in [0.717, 1.165) is 11.3 Å². The number of hydrazone groups is 1. The van der Waals surface area contributed by atoms with Gasteiger partial charge < -0.3 is 0 Å². The van der Waals surface area contributed by atoms with E-state index < -0.39 is 0 Å². The lowest BCUT2D eigenvalue weighted by Gasteiger charge is -2.04. The van der Waals surface area contributed by atoms with E-state index in [2.05, 4.69) is 10.5 Å². The van der Waals surface area contributed by atoms with Crippen LogP contribution in [0.1, 0.15) is 19.4 Å². The van der Waals surface area contributed by atoms with E-state index in [1.807, 2.05) is 31.2 Å². The van der Waals surface area contributed by atoms with Gasteiger partial charge in [-0.3, -0.25) is 10.2 Å². The van der Waals surface area contributed by atoms with Crippen molar-refractivity contribution in [3.05, 3.63) is 29.8 Å². The Bertz CT molecular complexity index is 369. The van der Waals surface area contributed by atoms with E-state index >= 15 is 0 Å². The van der Waals surface area contributed by atoms with Crippen LogP contribution >= 0.6 is 0 Å². The molecule has 0 aliphatic rings. The van der Waals surface area contributed by atoms with Crippen molar-refractivity contribution in [2.45, 2.75) is 20.8 Å². The van der Waals surface area contributed by atoms with Gasteiger partial charge in [-0.2, -0.15) is 5.10 Å². The molecule has 0 saturated heterocycles. The van der Waals surface area contributed by atoms with Crippen LogP contribution in [0.4, 0.5) is 5.69 Å². The number of Topliss-reactive ketones (excluding diaryl/α,β-unsaturated/α-hetero) is 1. The lowest BCUT2D eigenvalue weighted by atomic mass is 10.2. The van der Waals surface area contributed by atoms with Crippen molar-refractivity contribution in [1.29, 1.82) is 0 Å². The zero-order valence-corrected chi connectivity index (χ0v) is 8.66. The smallest absolute Gasteiger partial charge is 0.175 e. The molecule has 0 amide bonds. The van der Waals surface area contributed by atoms with Gasteiger partial charge in [-0.1, -0.05) is 18.2 Å². The number of benzene rings is 1. The largest absolute Gasteiger partial charge is 0.293 e. The molecule has 0 radical (unpaired) electrons. The molecule has 3 heteroatoms. The Morgan fingerprint density at radius 1 is 1.29 bits per heavy atom. The molecule has 0 aliphatic heterocycles. The third-order valence-corrected chi connectivity index (χ3v) is 2.00. The van der Waals surface area contributed by atoms with E-state index in [1.165, 1.54) is 6.92 Å². The average Bonchev–Trinajstić information content (AvgIpc) is 2.16. The normalized spacial score (nSPS) is 11.2. The number of hydrogen-bond donors (Lipinski definition) is 1. The van der Waals surface area contributed by atoms with Gasteiger partial charge in [0.25, 0.3) is 0 Å². The van der Waals surface area contributed by atoms with Crippen LogP contribution in [0.5, 0.6) is 0 Å². The quantitative estimate of drug-likeness (QED) is 0.587. The number of nitrogens with one attached hydrogen (secondary N) is 1. The standard InChI is InChI=1S/C11H14N2O/c1-8-6-4-5-7-11(8)13-12-9(2)10(3)14/h4-7,13H,1-3H3/b12-9+. The first-order valence-corrected chi connectivity index (χ1v) is 4.48. The van der Waals surface area contributed by atoms with E-state index in [0.29, 0.717) is 5.71 Å². The zero-order chi connectivity index (χ0) is 10.6. The number of carbonyl (C=O) groups excluding carboxylic acids is 1. The van der Waals surface area contributed by atoms with E-state index in [-0.39, 0.29) is 5.78 Å². The molecule has 0 fully saturated rings. The van der Waals surface area contributed by atoms with Gasteiger partial charge in [0, 0.05) is 6.92 Å². The molecule has 0 saturated carbocycles. The molecule has 0 bridgehead atoms. The minimum absolute atomic E-state index is 0.0221. The van der Waals surface area contributed by atoms with Crippen molar-refractivity contribution in [2.24, 2.45) is 5.10 Å². The molecule has 74 valence electrons. The van der Waals surface area contributed by atoms with Crippen molar-refractivity contribution < 1.29 is 4.79 Å². The Balaban J connectivity index is 2.76. The predicted molar refractivity (Wildman–Crippen MR) is 58.6 cm³/mol. The SMILES string of the molecule is CC(=O)/C(C)=N/Nc1ccccc1C. The summed E-state index contributed by atoms with van der Waals surface area (Å²) in [7, 11) is 0. The fraction of sp³-hybridized carbons (Fsp3) is 0.273. The Labute approximate surface area is 83.8 Å². The van der Waals surface area contributed by atoms with Crippen LogP contribution in [0.3, 0.4) is 0 Å². The molecular formula is C11H14N2O. The highest BCUT2D eigenvalue weighted by atomic mass is 16.1. The van der Waals surface area contributed by atoms with Crippen molar-refractivity contribution in [1.82, 2.24) is 0 Å². The third-order valence-electron chi connectivity index (χ3n) is 2.00. The summed E-state index contributed by atoms with van der Waals surface area (Å²) in [4.78, 5) is 10.9. The monoisotopic (exact) mass is 190 g/mol. The summed E-state index contributed by atoms with van der Waals surface area (Å²) in [5, 5.41) is 3.97. The van der Waals surface area contributed by atoms with E-state index in [9.17, 15) is 4.79 Å². The van der Waals surface area contributed by atoms with Gasteiger partial charge >= 0.3 is 0 Å². The van der Waals surface area contributed by atoms with Gasteiger partial charge in [0.15, 0.2) is 5.78 Å². The molecular weight excluding hydrogens is 176 g/mol. The molecule has 0 atom stereocenters. The van der Waals surface area contributed by atoms with Crippen LogP contribution in [0.2, 0.25) is 0 Å². The second-order valence-electron chi connectivity index (χ2n) is 3.18. The number of anilines is 1. The number of para-hydroxylation sites is 1. The Morgan fingerprint density at radius 3 is 2.50 bits per heavy atom. The molecule has 1 aromatic carbocycles. The Hall–Kier alpha value is -1.64. The van der Waals surface area contributed by atoms with Crippen LogP contribution in [0, 0.1) is 6.92 Å². The summed E-state index contributed by atoms with van der Waals surface area (Å²) in [6.07, 6.45) is 0. The Morgan fingerprint density at radius 2 is 1.93 bits per heavy atom.